The van der Waals surface area contributed by atoms with Gasteiger partial charge in [-0.25, -0.2) is 30.8 Å². The summed E-state index contributed by atoms with van der Waals surface area (Å²) in [4.78, 5) is 11.9. The van der Waals surface area contributed by atoms with Crippen molar-refractivity contribution in [3.05, 3.63) is 60.7 Å². The van der Waals surface area contributed by atoms with Crippen molar-refractivity contribution >= 4 is 57.1 Å². The number of anilines is 1. The summed E-state index contributed by atoms with van der Waals surface area (Å²) in [7, 11) is -16.5. The average Bonchev–Trinajstić information content (AvgIpc) is 3.54. The minimum atomic E-state index is -4.41. The number of H-pyrrole nitrogens is 1. The van der Waals surface area contributed by atoms with Crippen molar-refractivity contribution in [1.82, 2.24) is 18.9 Å². The van der Waals surface area contributed by atoms with Gasteiger partial charge in [0.1, 0.15) is 11.3 Å². The van der Waals surface area contributed by atoms with Gasteiger partial charge in [0.25, 0.3) is 0 Å². The number of sulfone groups is 1. The minimum absolute atomic E-state index is 0.0605. The second-order valence-electron chi connectivity index (χ2n) is 10.8. The van der Waals surface area contributed by atoms with E-state index in [4.69, 9.17) is 19.1 Å². The zero-order valence-corrected chi connectivity index (χ0v) is 28.8. The Hall–Kier alpha value is -4.46. The van der Waals surface area contributed by atoms with Crippen LogP contribution in [-0.2, 0) is 40.1 Å². The molecule has 0 aliphatic rings. The number of hydrogen-bond donors (Lipinski definition) is 2. The van der Waals surface area contributed by atoms with E-state index in [1.807, 2.05) is 0 Å². The maximum atomic E-state index is 13.5. The quantitative estimate of drug-likeness (QED) is 0.198. The summed E-state index contributed by atoms with van der Waals surface area (Å²) in [6, 6.07) is 15.6. The van der Waals surface area contributed by atoms with Crippen LogP contribution in [0, 0.1) is 0 Å². The fraction of sp³-hybridized carbons (Fsp3) is 0.214. The van der Waals surface area contributed by atoms with Crippen molar-refractivity contribution in [2.75, 3.05) is 24.5 Å². The lowest BCUT2D eigenvalue weighted by molar-refractivity contribution is 0.458. The molecule has 5 aromatic rings. The number of nitrogens with two attached hydrogens (primary N) is 1. The number of nitrogens with one attached hydrogen (secondary N) is 1. The Morgan fingerprint density at radius 2 is 1.34 bits per heavy atom. The van der Waals surface area contributed by atoms with E-state index in [0.717, 1.165) is 12.5 Å². The number of nitrogen functional groups attached to an aromatic ring is 1. The van der Waals surface area contributed by atoms with E-state index in [0.29, 0.717) is 21.4 Å². The van der Waals surface area contributed by atoms with Gasteiger partial charge < -0.3 is 19.1 Å². The summed E-state index contributed by atoms with van der Waals surface area (Å²) < 4.78 is 113. The van der Waals surface area contributed by atoms with E-state index in [1.165, 1.54) is 44.2 Å². The molecule has 250 valence electrons. The number of benzene rings is 3. The molecule has 0 aliphatic heterocycles. The van der Waals surface area contributed by atoms with Crippen LogP contribution >= 0.6 is 0 Å². The largest absolute Gasteiger partial charge is 0.378 e. The highest BCUT2D eigenvalue weighted by molar-refractivity contribution is 7.91. The Balaban J connectivity index is 1.95. The van der Waals surface area contributed by atoms with Gasteiger partial charge in [-0.2, -0.15) is 16.8 Å². The average molecular weight is 724 g/mol. The van der Waals surface area contributed by atoms with Crippen LogP contribution < -0.4 is 14.1 Å². The molecule has 19 heteroatoms. The Bertz CT molecular complexity index is 2470. The molecule has 2 heterocycles. The molecule has 0 radical (unpaired) electrons. The predicted molar refractivity (Wildman–Crippen MR) is 176 cm³/mol. The standard InChI is InChI=1S/C28H29N5O10S4/c1-16(2)47(40,41)33-21-15-20(25(42-45(4,36)37)26(43-46(5,38)39)24(21)32-28(33)29)23-22(17-9-7-6-8-10-17)30-27(31-23)18-11-13-19(14-12-18)44(3,34)35/h6-16H,1-5H3,(H2,29,32)(H,30,31). The molecule has 3 N–H and O–H groups in total. The van der Waals surface area contributed by atoms with Crippen LogP contribution in [0.2, 0.25) is 0 Å². The zero-order chi connectivity index (χ0) is 34.7. The molecule has 0 amide bonds. The summed E-state index contributed by atoms with van der Waals surface area (Å²) in [5.74, 6) is -1.73. The summed E-state index contributed by atoms with van der Waals surface area (Å²) >= 11 is 0. The maximum Gasteiger partial charge on any atom is 0.306 e. The van der Waals surface area contributed by atoms with E-state index in [2.05, 4.69) is 9.97 Å². The van der Waals surface area contributed by atoms with Gasteiger partial charge in [0.15, 0.2) is 15.6 Å². The molecule has 0 bridgehead atoms. The molecule has 0 saturated heterocycles. The van der Waals surface area contributed by atoms with Gasteiger partial charge in [0.05, 0.1) is 45.1 Å². The predicted octanol–water partition coefficient (Wildman–Crippen LogP) is 3.01. The molecule has 0 fully saturated rings. The van der Waals surface area contributed by atoms with E-state index < -0.39 is 68.3 Å². The zero-order valence-electron chi connectivity index (χ0n) is 25.5. The number of hydrogen-bond acceptors (Lipinski definition) is 13. The summed E-state index contributed by atoms with van der Waals surface area (Å²) in [6.07, 6.45) is 2.49. The molecule has 0 spiro atoms. The molecule has 3 aromatic carbocycles. The van der Waals surface area contributed by atoms with Crippen LogP contribution in [0.15, 0.2) is 65.6 Å². The minimum Gasteiger partial charge on any atom is -0.378 e. The summed E-state index contributed by atoms with van der Waals surface area (Å²) in [5.41, 5.74) is 6.46. The van der Waals surface area contributed by atoms with Gasteiger partial charge in [0.2, 0.25) is 21.7 Å². The van der Waals surface area contributed by atoms with Crippen molar-refractivity contribution in [1.29, 1.82) is 0 Å². The molecule has 47 heavy (non-hydrogen) atoms. The second-order valence-corrected chi connectivity index (χ2v) is 18.3. The fourth-order valence-corrected chi connectivity index (χ4v) is 7.35. The second kappa shape index (κ2) is 11.7. The lowest BCUT2D eigenvalue weighted by atomic mass is 10.0. The van der Waals surface area contributed by atoms with E-state index in [9.17, 15) is 33.7 Å². The highest BCUT2D eigenvalue weighted by Crippen LogP contribution is 2.48. The number of aromatic nitrogens is 4. The highest BCUT2D eigenvalue weighted by atomic mass is 32.2. The summed E-state index contributed by atoms with van der Waals surface area (Å²) in [6.45, 7) is 2.81. The first-order chi connectivity index (χ1) is 21.7. The molecule has 2 aromatic heterocycles. The van der Waals surface area contributed by atoms with Crippen LogP contribution in [0.4, 0.5) is 5.95 Å². The summed E-state index contributed by atoms with van der Waals surface area (Å²) in [5, 5.41) is -1.01. The van der Waals surface area contributed by atoms with Crippen molar-refractivity contribution < 1.29 is 42.0 Å². The van der Waals surface area contributed by atoms with Gasteiger partial charge in [0, 0.05) is 17.4 Å². The molecular formula is C28H29N5O10S4. The Kier molecular flexibility index (Phi) is 8.40. The third-order valence-electron chi connectivity index (χ3n) is 6.74. The van der Waals surface area contributed by atoms with E-state index in [1.54, 1.807) is 30.3 Å². The first-order valence-electron chi connectivity index (χ1n) is 13.5. The third-order valence-corrected chi connectivity index (χ3v) is 10.9. The first kappa shape index (κ1) is 33.9. The molecule has 0 unspecified atom stereocenters. The van der Waals surface area contributed by atoms with E-state index >= 15 is 0 Å². The first-order valence-corrected chi connectivity index (χ1v) is 20.5. The normalized spacial score (nSPS) is 12.9. The number of fused-ring (bicyclic) bond motifs is 1. The molecule has 5 rings (SSSR count). The smallest absolute Gasteiger partial charge is 0.306 e. The highest BCUT2D eigenvalue weighted by Gasteiger charge is 2.33. The molecule has 0 saturated carbocycles. The molecule has 15 nitrogen and oxygen atoms in total. The van der Waals surface area contributed by atoms with Gasteiger partial charge in [-0.05, 0) is 44.2 Å². The monoisotopic (exact) mass is 723 g/mol. The van der Waals surface area contributed by atoms with Gasteiger partial charge in [-0.3, -0.25) is 0 Å². The third kappa shape index (κ3) is 6.83. The van der Waals surface area contributed by atoms with Crippen LogP contribution in [0.5, 0.6) is 11.5 Å². The molecular weight excluding hydrogens is 695 g/mol. The number of nitrogens with zero attached hydrogens (tertiary/aromatic N) is 3. The van der Waals surface area contributed by atoms with Crippen LogP contribution in [0.3, 0.4) is 0 Å². The molecule has 0 atom stereocenters. The fourth-order valence-electron chi connectivity index (χ4n) is 4.66. The molecule has 0 aliphatic carbocycles. The lowest BCUT2D eigenvalue weighted by Gasteiger charge is -2.16. The maximum absolute atomic E-state index is 13.5. The SMILES string of the molecule is CC(C)S(=O)(=O)n1c(N)nc2c(OS(C)(=O)=O)c(OS(C)(=O)=O)c(-c3[nH]c(-c4ccc(S(C)(=O)=O)cc4)nc3-c3ccccc3)cc21. The topological polar surface area (TPSA) is 228 Å². The van der Waals surface area contributed by atoms with E-state index in [-0.39, 0.29) is 33.2 Å². The Labute approximate surface area is 271 Å². The van der Waals surface area contributed by atoms with Crippen molar-refractivity contribution in [2.45, 2.75) is 24.0 Å². The van der Waals surface area contributed by atoms with Crippen LogP contribution in [0.25, 0.3) is 44.9 Å². The Morgan fingerprint density at radius 3 is 1.87 bits per heavy atom. The lowest BCUT2D eigenvalue weighted by Crippen LogP contribution is -2.23. The number of imidazole rings is 2. The van der Waals surface area contributed by atoms with Crippen molar-refractivity contribution in [3.63, 3.8) is 0 Å². The van der Waals surface area contributed by atoms with Gasteiger partial charge >= 0.3 is 20.2 Å². The van der Waals surface area contributed by atoms with Gasteiger partial charge in [-0.1, -0.05) is 30.3 Å². The Morgan fingerprint density at radius 1 is 0.766 bits per heavy atom. The van der Waals surface area contributed by atoms with Crippen LogP contribution in [0.1, 0.15) is 13.8 Å². The van der Waals surface area contributed by atoms with Gasteiger partial charge in [-0.15, -0.1) is 0 Å². The number of rotatable bonds is 10. The van der Waals surface area contributed by atoms with Crippen molar-refractivity contribution in [2.24, 2.45) is 0 Å². The number of aromatic amines is 1. The van der Waals surface area contributed by atoms with Crippen molar-refractivity contribution in [3.8, 4) is 45.4 Å². The van der Waals surface area contributed by atoms with Crippen LogP contribution in [-0.4, -0.2) is 76.6 Å².